The van der Waals surface area contributed by atoms with Crippen molar-refractivity contribution < 1.29 is 19.1 Å². The molecule has 1 heterocycles. The molecule has 2 amide bonds. The summed E-state index contributed by atoms with van der Waals surface area (Å²) in [5.74, 6) is -1.83. The van der Waals surface area contributed by atoms with Gasteiger partial charge in [0.1, 0.15) is 0 Å². The summed E-state index contributed by atoms with van der Waals surface area (Å²) in [4.78, 5) is 41.2. The van der Waals surface area contributed by atoms with Crippen molar-refractivity contribution in [3.8, 4) is 0 Å². The quantitative estimate of drug-likeness (QED) is 0.445. The van der Waals surface area contributed by atoms with Crippen LogP contribution in [0.4, 0.5) is 5.69 Å². The minimum Gasteiger partial charge on any atom is -0.465 e. The Kier molecular flexibility index (Phi) is 3.87. The second-order valence-corrected chi connectivity index (χ2v) is 9.50. The molecule has 3 aromatic carbocycles. The minimum atomic E-state index is -0.608. The molecule has 0 radical (unpaired) electrons. The number of hydrogen-bond donors (Lipinski definition) is 0. The third-order valence-corrected chi connectivity index (χ3v) is 8.19. The molecular formula is C28H23NO4. The number of carbonyl (C=O) groups is 3. The summed E-state index contributed by atoms with van der Waals surface area (Å²) in [5.41, 5.74) is 4.12. The van der Waals surface area contributed by atoms with Gasteiger partial charge in [-0.15, -0.1) is 0 Å². The van der Waals surface area contributed by atoms with Crippen LogP contribution < -0.4 is 4.90 Å². The number of anilines is 1. The lowest BCUT2D eigenvalue weighted by Crippen LogP contribution is -2.59. The van der Waals surface area contributed by atoms with Crippen LogP contribution in [0, 0.1) is 11.8 Å². The first-order valence-electron chi connectivity index (χ1n) is 11.1. The number of benzene rings is 3. The van der Waals surface area contributed by atoms with E-state index in [1.807, 2.05) is 24.3 Å². The van der Waals surface area contributed by atoms with E-state index in [1.54, 1.807) is 24.3 Å². The zero-order valence-corrected chi connectivity index (χ0v) is 18.7. The van der Waals surface area contributed by atoms with Crippen LogP contribution in [0.2, 0.25) is 0 Å². The first kappa shape index (κ1) is 19.9. The van der Waals surface area contributed by atoms with Crippen LogP contribution in [0.25, 0.3) is 0 Å². The lowest BCUT2D eigenvalue weighted by atomic mass is 9.42. The van der Waals surface area contributed by atoms with Crippen LogP contribution in [-0.2, 0) is 25.2 Å². The van der Waals surface area contributed by atoms with E-state index in [4.69, 9.17) is 4.74 Å². The van der Waals surface area contributed by atoms with Gasteiger partial charge < -0.3 is 4.74 Å². The average molecular weight is 437 g/mol. The number of rotatable bonds is 2. The first-order valence-corrected chi connectivity index (χ1v) is 11.1. The number of carbonyl (C=O) groups excluding carboxylic acids is 3. The van der Waals surface area contributed by atoms with Gasteiger partial charge in [0.05, 0.1) is 30.2 Å². The highest BCUT2D eigenvalue weighted by Gasteiger charge is 2.70. The Morgan fingerprint density at radius 1 is 0.727 bits per heavy atom. The van der Waals surface area contributed by atoms with Gasteiger partial charge in [0.15, 0.2) is 0 Å². The second-order valence-electron chi connectivity index (χ2n) is 9.50. The second kappa shape index (κ2) is 6.41. The molecule has 1 aliphatic heterocycles. The van der Waals surface area contributed by atoms with Gasteiger partial charge in [-0.1, -0.05) is 62.4 Å². The molecule has 1 saturated heterocycles. The number of ether oxygens (including phenoxy) is 1. The Hall–Kier alpha value is -3.73. The van der Waals surface area contributed by atoms with Gasteiger partial charge in [0.2, 0.25) is 11.8 Å². The van der Waals surface area contributed by atoms with Crippen molar-refractivity contribution in [1.82, 2.24) is 0 Å². The van der Waals surface area contributed by atoms with Crippen LogP contribution in [0.15, 0.2) is 72.8 Å². The van der Waals surface area contributed by atoms with Crippen molar-refractivity contribution in [2.75, 3.05) is 12.0 Å². The van der Waals surface area contributed by atoms with Crippen molar-refractivity contribution >= 4 is 23.5 Å². The smallest absolute Gasteiger partial charge is 0.337 e. The Morgan fingerprint density at radius 3 is 1.48 bits per heavy atom. The minimum absolute atomic E-state index is 0.187. The predicted octanol–water partition coefficient (Wildman–Crippen LogP) is 4.22. The van der Waals surface area contributed by atoms with E-state index >= 15 is 0 Å². The van der Waals surface area contributed by atoms with E-state index in [2.05, 4.69) is 38.1 Å². The maximum Gasteiger partial charge on any atom is 0.337 e. The van der Waals surface area contributed by atoms with Crippen molar-refractivity contribution in [3.05, 3.63) is 101 Å². The van der Waals surface area contributed by atoms with Crippen LogP contribution >= 0.6 is 0 Å². The molecule has 3 aliphatic carbocycles. The zero-order valence-electron chi connectivity index (χ0n) is 18.7. The number of imide groups is 1. The molecule has 7 rings (SSSR count). The maximum atomic E-state index is 14.0. The fourth-order valence-electron chi connectivity index (χ4n) is 6.69. The van der Waals surface area contributed by atoms with Crippen LogP contribution in [0.3, 0.4) is 0 Å². The number of methoxy groups -OCH3 is 1. The highest BCUT2D eigenvalue weighted by Crippen LogP contribution is 2.66. The molecule has 164 valence electrons. The number of nitrogens with zero attached hydrogens (tertiary/aromatic N) is 1. The molecule has 5 nitrogen and oxygen atoms in total. The Bertz CT molecular complexity index is 1230. The van der Waals surface area contributed by atoms with Crippen molar-refractivity contribution in [1.29, 1.82) is 0 Å². The predicted molar refractivity (Wildman–Crippen MR) is 123 cm³/mol. The Balaban J connectivity index is 1.56. The van der Waals surface area contributed by atoms with E-state index in [1.165, 1.54) is 12.0 Å². The lowest BCUT2D eigenvalue weighted by Gasteiger charge is -2.57. The van der Waals surface area contributed by atoms with Crippen molar-refractivity contribution in [2.45, 2.75) is 24.7 Å². The maximum absolute atomic E-state index is 14.0. The molecule has 0 spiro atoms. The van der Waals surface area contributed by atoms with Crippen LogP contribution in [-0.4, -0.2) is 24.9 Å². The highest BCUT2D eigenvalue weighted by molar-refractivity contribution is 6.24. The molecule has 33 heavy (non-hydrogen) atoms. The fraction of sp³-hybridized carbons (Fsp3) is 0.250. The third kappa shape index (κ3) is 2.20. The molecule has 0 unspecified atom stereocenters. The Morgan fingerprint density at radius 2 is 1.12 bits per heavy atom. The average Bonchev–Trinajstić information content (AvgIpc) is 3.13. The van der Waals surface area contributed by atoms with Gasteiger partial charge in [-0.25, -0.2) is 9.69 Å². The van der Waals surface area contributed by atoms with Crippen molar-refractivity contribution in [2.24, 2.45) is 11.8 Å². The van der Waals surface area contributed by atoms with Gasteiger partial charge in [-0.05, 0) is 46.5 Å². The van der Waals surface area contributed by atoms with Gasteiger partial charge >= 0.3 is 5.97 Å². The summed E-state index contributed by atoms with van der Waals surface area (Å²) >= 11 is 0. The molecule has 4 aliphatic rings. The zero-order chi connectivity index (χ0) is 23.1. The monoisotopic (exact) mass is 437 g/mol. The van der Waals surface area contributed by atoms with E-state index < -0.39 is 28.6 Å². The molecule has 2 atom stereocenters. The van der Waals surface area contributed by atoms with E-state index in [-0.39, 0.29) is 11.8 Å². The third-order valence-electron chi connectivity index (χ3n) is 8.19. The van der Waals surface area contributed by atoms with E-state index in [9.17, 15) is 14.4 Å². The highest BCUT2D eigenvalue weighted by atomic mass is 16.5. The molecule has 5 heteroatoms. The molecule has 0 aromatic heterocycles. The fourth-order valence-corrected chi connectivity index (χ4v) is 6.69. The normalized spacial score (nSPS) is 28.9. The summed E-state index contributed by atoms with van der Waals surface area (Å²) < 4.78 is 4.77. The molecule has 3 aromatic rings. The topological polar surface area (TPSA) is 63.7 Å². The SMILES string of the molecule is COC(=O)c1ccc(N2C(=O)[C@@H]3[C@H](C2=O)C2(C)c4ccccc4C3(C)c3ccccc32)cc1. The lowest BCUT2D eigenvalue weighted by molar-refractivity contribution is -0.124. The standard InChI is InChI=1S/C28H23NO4/c1-27-18-8-4-6-10-20(18)28(2,21-11-7-5-9-19(21)27)23-22(27)24(30)29(25(23)31)17-14-12-16(13-15-17)26(32)33-3/h4-15,22-23H,1-3H3/t22-,23+,27?,28?. The summed E-state index contributed by atoms with van der Waals surface area (Å²) in [6, 6.07) is 22.9. The molecule has 1 fully saturated rings. The van der Waals surface area contributed by atoms with Crippen LogP contribution in [0.5, 0.6) is 0 Å². The van der Waals surface area contributed by atoms with Gasteiger partial charge in [0.25, 0.3) is 0 Å². The largest absolute Gasteiger partial charge is 0.465 e. The first-order chi connectivity index (χ1) is 15.8. The summed E-state index contributed by atoms with van der Waals surface area (Å²) in [6.07, 6.45) is 0. The van der Waals surface area contributed by atoms with Gasteiger partial charge in [0, 0.05) is 10.8 Å². The van der Waals surface area contributed by atoms with E-state index in [0.29, 0.717) is 11.3 Å². The van der Waals surface area contributed by atoms with E-state index in [0.717, 1.165) is 22.3 Å². The molecule has 0 N–H and O–H groups in total. The Labute approximate surface area is 192 Å². The summed E-state index contributed by atoms with van der Waals surface area (Å²) in [7, 11) is 1.32. The van der Waals surface area contributed by atoms with Gasteiger partial charge in [-0.3, -0.25) is 9.59 Å². The van der Waals surface area contributed by atoms with Crippen LogP contribution in [0.1, 0.15) is 46.5 Å². The van der Waals surface area contributed by atoms with Gasteiger partial charge in [-0.2, -0.15) is 0 Å². The number of esters is 1. The molecule has 0 saturated carbocycles. The summed E-state index contributed by atoms with van der Waals surface area (Å²) in [5, 5.41) is 0. The number of hydrogen-bond acceptors (Lipinski definition) is 4. The molecular weight excluding hydrogens is 414 g/mol. The number of amides is 2. The van der Waals surface area contributed by atoms with Crippen molar-refractivity contribution in [3.63, 3.8) is 0 Å². The summed E-state index contributed by atoms with van der Waals surface area (Å²) in [6.45, 7) is 4.21. The molecule has 2 bridgehead atoms.